The summed E-state index contributed by atoms with van der Waals surface area (Å²) in [7, 11) is 3.20. The van der Waals surface area contributed by atoms with Gasteiger partial charge in [0.2, 0.25) is 0 Å². The molecule has 2 aromatic carbocycles. The fourth-order valence-electron chi connectivity index (χ4n) is 5.42. The number of nitrogens with zero attached hydrogens (tertiary/aromatic N) is 2. The molecule has 0 saturated heterocycles. The van der Waals surface area contributed by atoms with Gasteiger partial charge in [-0.15, -0.1) is 0 Å². The number of fused-ring (bicyclic) bond motifs is 1. The van der Waals surface area contributed by atoms with Crippen LogP contribution in [0.1, 0.15) is 66.1 Å². The predicted molar refractivity (Wildman–Crippen MR) is 158 cm³/mol. The van der Waals surface area contributed by atoms with E-state index in [4.69, 9.17) is 14.5 Å². The Hall–Kier alpha value is -4.53. The first-order valence-electron chi connectivity index (χ1n) is 14.0. The molecule has 2 heterocycles. The van der Waals surface area contributed by atoms with Gasteiger partial charge in [-0.3, -0.25) is 14.0 Å². The maximum absolute atomic E-state index is 13.4. The summed E-state index contributed by atoms with van der Waals surface area (Å²) in [5.74, 6) is 0.736. The number of amides is 1. The number of carbonyl (C=O) groups is 2. The minimum absolute atomic E-state index is 0.223. The number of carbonyl (C=O) groups excluding carboxylic acids is 1. The van der Waals surface area contributed by atoms with Crippen LogP contribution in [-0.4, -0.2) is 46.6 Å². The second-order valence-electron chi connectivity index (χ2n) is 10.5. The first kappa shape index (κ1) is 28.0. The standard InChI is InChI=1S/C32H36N4O5/c1-20-9-11-21(12-10-20)25(19-29(37)38)34-32(39)23-15-16-36-28(18-23)35-30(31(36)33-24-7-5-4-6-8-24)22-13-14-26(40-2)27(17-22)41-3/h9-18,24-25,33H,4-8,19H2,1-3H3,(H,34,39)(H,37,38). The first-order valence-corrected chi connectivity index (χ1v) is 14.0. The van der Waals surface area contributed by atoms with Crippen LogP contribution in [0.15, 0.2) is 60.8 Å². The molecule has 1 fully saturated rings. The van der Waals surface area contributed by atoms with Gasteiger partial charge in [-0.1, -0.05) is 49.1 Å². The third-order valence-electron chi connectivity index (χ3n) is 7.66. The molecular weight excluding hydrogens is 520 g/mol. The fourth-order valence-corrected chi connectivity index (χ4v) is 5.42. The maximum Gasteiger partial charge on any atom is 0.305 e. The third kappa shape index (κ3) is 6.29. The second-order valence-corrected chi connectivity index (χ2v) is 10.5. The van der Waals surface area contributed by atoms with Crippen LogP contribution in [-0.2, 0) is 4.79 Å². The third-order valence-corrected chi connectivity index (χ3v) is 7.66. The van der Waals surface area contributed by atoms with E-state index in [2.05, 4.69) is 10.6 Å². The number of imidazole rings is 1. The Morgan fingerprint density at radius 1 is 1.00 bits per heavy atom. The summed E-state index contributed by atoms with van der Waals surface area (Å²) in [4.78, 5) is 29.9. The first-order chi connectivity index (χ1) is 19.9. The lowest BCUT2D eigenvalue weighted by Crippen LogP contribution is -2.30. The van der Waals surface area contributed by atoms with Gasteiger partial charge in [0.1, 0.15) is 17.2 Å². The number of hydrogen-bond acceptors (Lipinski definition) is 6. The van der Waals surface area contributed by atoms with E-state index in [0.717, 1.165) is 41.0 Å². The molecule has 214 valence electrons. The SMILES string of the molecule is COc1ccc(-c2nc3cc(C(=O)NC(CC(=O)O)c4ccc(C)cc4)ccn3c2NC2CCCCC2)cc1OC. The van der Waals surface area contributed by atoms with E-state index in [0.29, 0.717) is 28.8 Å². The van der Waals surface area contributed by atoms with Crippen LogP contribution < -0.4 is 20.1 Å². The number of carboxylic acids is 1. The van der Waals surface area contributed by atoms with Crippen molar-refractivity contribution in [3.63, 3.8) is 0 Å². The normalized spacial score (nSPS) is 14.4. The highest BCUT2D eigenvalue weighted by molar-refractivity contribution is 5.96. The molecule has 1 atom stereocenters. The quantitative estimate of drug-likeness (QED) is 0.219. The van der Waals surface area contributed by atoms with Crippen molar-refractivity contribution in [3.8, 4) is 22.8 Å². The molecule has 41 heavy (non-hydrogen) atoms. The number of carboxylic acid groups (broad SMARTS) is 1. The lowest BCUT2D eigenvalue weighted by Gasteiger charge is -2.24. The summed E-state index contributed by atoms with van der Waals surface area (Å²) >= 11 is 0. The molecule has 2 aromatic heterocycles. The lowest BCUT2D eigenvalue weighted by atomic mass is 9.95. The van der Waals surface area contributed by atoms with Crippen molar-refractivity contribution in [1.29, 1.82) is 0 Å². The molecule has 0 aliphatic heterocycles. The molecule has 1 unspecified atom stereocenters. The number of anilines is 1. The van der Waals surface area contributed by atoms with Crippen molar-refractivity contribution in [2.24, 2.45) is 0 Å². The van der Waals surface area contributed by atoms with Crippen molar-refractivity contribution in [3.05, 3.63) is 77.5 Å². The van der Waals surface area contributed by atoms with Crippen LogP contribution in [0.5, 0.6) is 11.5 Å². The number of benzene rings is 2. The highest BCUT2D eigenvalue weighted by atomic mass is 16.5. The van der Waals surface area contributed by atoms with Gasteiger partial charge in [0.05, 0.1) is 26.7 Å². The summed E-state index contributed by atoms with van der Waals surface area (Å²) in [6.07, 6.45) is 7.40. The lowest BCUT2D eigenvalue weighted by molar-refractivity contribution is -0.137. The highest BCUT2D eigenvalue weighted by Gasteiger charge is 2.23. The van der Waals surface area contributed by atoms with Crippen molar-refractivity contribution in [2.75, 3.05) is 19.5 Å². The molecule has 1 aliphatic rings. The molecule has 0 radical (unpaired) electrons. The molecule has 0 bridgehead atoms. The average molecular weight is 557 g/mol. The van der Waals surface area contributed by atoms with Crippen LogP contribution >= 0.6 is 0 Å². The minimum atomic E-state index is -0.988. The minimum Gasteiger partial charge on any atom is -0.493 e. The maximum atomic E-state index is 13.4. The largest absolute Gasteiger partial charge is 0.493 e. The van der Waals surface area contributed by atoms with Crippen molar-refractivity contribution >= 4 is 23.3 Å². The van der Waals surface area contributed by atoms with Gasteiger partial charge in [0.15, 0.2) is 11.5 Å². The van der Waals surface area contributed by atoms with Gasteiger partial charge in [-0.2, -0.15) is 0 Å². The highest BCUT2D eigenvalue weighted by Crippen LogP contribution is 2.37. The zero-order chi connectivity index (χ0) is 28.9. The number of methoxy groups -OCH3 is 2. The molecule has 5 rings (SSSR count). The molecule has 3 N–H and O–H groups in total. The van der Waals surface area contributed by atoms with E-state index in [1.54, 1.807) is 26.4 Å². The molecule has 1 amide bonds. The van der Waals surface area contributed by atoms with Gasteiger partial charge in [-0.05, 0) is 55.7 Å². The van der Waals surface area contributed by atoms with Crippen LogP contribution in [0.4, 0.5) is 5.82 Å². The predicted octanol–water partition coefficient (Wildman–Crippen LogP) is 6.02. The second kappa shape index (κ2) is 12.3. The topological polar surface area (TPSA) is 114 Å². The Kier molecular flexibility index (Phi) is 8.42. The Morgan fingerprint density at radius 2 is 1.73 bits per heavy atom. The van der Waals surface area contributed by atoms with Crippen LogP contribution in [0.3, 0.4) is 0 Å². The number of hydrogen-bond donors (Lipinski definition) is 3. The molecule has 0 spiro atoms. The smallest absolute Gasteiger partial charge is 0.305 e. The molecule has 1 aliphatic carbocycles. The van der Waals surface area contributed by atoms with E-state index in [1.807, 2.05) is 60.0 Å². The summed E-state index contributed by atoms with van der Waals surface area (Å²) in [5.41, 5.74) is 4.40. The number of ether oxygens (including phenoxy) is 2. The summed E-state index contributed by atoms with van der Waals surface area (Å²) in [6.45, 7) is 1.96. The number of aromatic nitrogens is 2. The number of rotatable bonds is 10. The van der Waals surface area contributed by atoms with Crippen LogP contribution in [0, 0.1) is 6.92 Å². The van der Waals surface area contributed by atoms with Crippen molar-refractivity contribution in [1.82, 2.24) is 14.7 Å². The van der Waals surface area contributed by atoms with E-state index >= 15 is 0 Å². The number of pyridine rings is 1. The summed E-state index contributed by atoms with van der Waals surface area (Å²) < 4.78 is 12.9. The fraction of sp³-hybridized carbons (Fsp3) is 0.344. The summed E-state index contributed by atoms with van der Waals surface area (Å²) in [5, 5.41) is 16.1. The zero-order valence-corrected chi connectivity index (χ0v) is 23.6. The molecular formula is C32H36N4O5. The zero-order valence-electron chi connectivity index (χ0n) is 23.6. The van der Waals surface area contributed by atoms with Crippen molar-refractivity contribution < 1.29 is 24.2 Å². The molecule has 9 heteroatoms. The van der Waals surface area contributed by atoms with E-state index in [-0.39, 0.29) is 12.3 Å². The average Bonchev–Trinajstić information content (AvgIpc) is 3.34. The Labute approximate surface area is 239 Å². The molecule has 1 saturated carbocycles. The molecule has 4 aromatic rings. The van der Waals surface area contributed by atoms with E-state index in [1.165, 1.54) is 19.3 Å². The van der Waals surface area contributed by atoms with Gasteiger partial charge in [0, 0.05) is 23.4 Å². The van der Waals surface area contributed by atoms with Crippen LogP contribution in [0.25, 0.3) is 16.9 Å². The van der Waals surface area contributed by atoms with Crippen molar-refractivity contribution in [2.45, 2.75) is 57.5 Å². The number of aryl methyl sites for hydroxylation is 1. The van der Waals surface area contributed by atoms with E-state index in [9.17, 15) is 14.7 Å². The van der Waals surface area contributed by atoms with E-state index < -0.39 is 12.0 Å². The van der Waals surface area contributed by atoms with Gasteiger partial charge in [0.25, 0.3) is 5.91 Å². The Balaban J connectivity index is 1.50. The van der Waals surface area contributed by atoms with Gasteiger partial charge < -0.3 is 25.2 Å². The summed E-state index contributed by atoms with van der Waals surface area (Å²) in [6, 6.07) is 16.3. The number of aliphatic carboxylic acids is 1. The van der Waals surface area contributed by atoms with Gasteiger partial charge >= 0.3 is 5.97 Å². The molecule has 9 nitrogen and oxygen atoms in total. The Bertz CT molecular complexity index is 1540. The van der Waals surface area contributed by atoms with Crippen LogP contribution in [0.2, 0.25) is 0 Å². The number of nitrogens with one attached hydrogen (secondary N) is 2. The Morgan fingerprint density at radius 3 is 2.41 bits per heavy atom. The van der Waals surface area contributed by atoms with Gasteiger partial charge in [-0.25, -0.2) is 4.98 Å². The monoisotopic (exact) mass is 556 g/mol.